The van der Waals surface area contributed by atoms with Crippen molar-refractivity contribution in [3.05, 3.63) is 59.9 Å². The molecule has 0 aliphatic carbocycles. The summed E-state index contributed by atoms with van der Waals surface area (Å²) in [5, 5.41) is 7.36. The lowest BCUT2D eigenvalue weighted by atomic mass is 10.1. The van der Waals surface area contributed by atoms with Crippen LogP contribution in [-0.4, -0.2) is 14.3 Å². The van der Waals surface area contributed by atoms with Gasteiger partial charge in [0.1, 0.15) is 11.7 Å². The van der Waals surface area contributed by atoms with Crippen molar-refractivity contribution in [3.8, 4) is 0 Å². The van der Waals surface area contributed by atoms with Crippen molar-refractivity contribution in [2.24, 2.45) is 5.73 Å². The summed E-state index contributed by atoms with van der Waals surface area (Å²) < 4.78 is 39.7. The van der Waals surface area contributed by atoms with Crippen molar-refractivity contribution in [3.63, 3.8) is 0 Å². The van der Waals surface area contributed by atoms with E-state index in [1.807, 2.05) is 0 Å². The Balaban J connectivity index is 2.43. The summed E-state index contributed by atoms with van der Waals surface area (Å²) in [7, 11) is -3.81. The molecule has 2 aromatic rings. The number of nitrogen functional groups attached to an aromatic ring is 1. The highest BCUT2D eigenvalue weighted by atomic mass is 32.2. The number of hydrogen-bond donors (Lipinski definition) is 3. The number of rotatable bonds is 4. The quantitative estimate of drug-likeness (QED) is 0.593. The summed E-state index contributed by atoms with van der Waals surface area (Å²) in [5.41, 5.74) is 5.37. The van der Waals surface area contributed by atoms with E-state index in [4.69, 9.17) is 11.1 Å². The predicted octanol–water partition coefficient (Wildman–Crippen LogP) is 1.91. The Morgan fingerprint density at radius 2 is 1.80 bits per heavy atom. The minimum absolute atomic E-state index is 0.00972. The van der Waals surface area contributed by atoms with Gasteiger partial charge in [-0.15, -0.1) is 0 Å². The van der Waals surface area contributed by atoms with Gasteiger partial charge in [0, 0.05) is 5.56 Å². The van der Waals surface area contributed by atoms with Gasteiger partial charge in [0.25, 0.3) is 10.0 Å². The van der Waals surface area contributed by atoms with Crippen LogP contribution in [0.25, 0.3) is 0 Å². The van der Waals surface area contributed by atoms with Gasteiger partial charge < -0.3 is 5.73 Å². The smallest absolute Gasteiger partial charge is 0.261 e. The summed E-state index contributed by atoms with van der Waals surface area (Å²) in [6, 6.07) is 11.1. The largest absolute Gasteiger partial charge is 0.384 e. The van der Waals surface area contributed by atoms with Gasteiger partial charge in [-0.25, -0.2) is 12.8 Å². The third kappa shape index (κ3) is 2.94. The van der Waals surface area contributed by atoms with Gasteiger partial charge >= 0.3 is 0 Å². The first-order chi connectivity index (χ1) is 9.40. The maximum absolute atomic E-state index is 13.1. The number of benzene rings is 2. The first-order valence-corrected chi connectivity index (χ1v) is 7.10. The Labute approximate surface area is 115 Å². The number of halogens is 1. The van der Waals surface area contributed by atoms with E-state index in [-0.39, 0.29) is 16.1 Å². The predicted molar refractivity (Wildman–Crippen MR) is 74.7 cm³/mol. The molecule has 0 unspecified atom stereocenters. The van der Waals surface area contributed by atoms with Gasteiger partial charge in [0.05, 0.1) is 10.6 Å². The lowest BCUT2D eigenvalue weighted by Gasteiger charge is -2.12. The lowest BCUT2D eigenvalue weighted by Crippen LogP contribution is -2.19. The Kier molecular flexibility index (Phi) is 3.71. The molecular formula is C13H12FN3O2S. The molecule has 5 nitrogen and oxygen atoms in total. The van der Waals surface area contributed by atoms with E-state index in [2.05, 4.69) is 4.72 Å². The average molecular weight is 293 g/mol. The van der Waals surface area contributed by atoms with E-state index in [0.717, 1.165) is 12.1 Å². The summed E-state index contributed by atoms with van der Waals surface area (Å²) in [5.74, 6) is -1.02. The molecule has 0 saturated carbocycles. The molecule has 0 saturated heterocycles. The van der Waals surface area contributed by atoms with Crippen molar-refractivity contribution in [2.75, 3.05) is 4.72 Å². The van der Waals surface area contributed by atoms with Crippen molar-refractivity contribution in [1.29, 1.82) is 5.41 Å². The Morgan fingerprint density at radius 1 is 1.15 bits per heavy atom. The number of amidine groups is 1. The average Bonchev–Trinajstić information content (AvgIpc) is 2.41. The molecule has 104 valence electrons. The zero-order valence-electron chi connectivity index (χ0n) is 10.3. The monoisotopic (exact) mass is 293 g/mol. The fraction of sp³-hybridized carbons (Fsp3) is 0. The van der Waals surface area contributed by atoms with Crippen molar-refractivity contribution >= 4 is 21.5 Å². The maximum atomic E-state index is 13.1. The second-order valence-corrected chi connectivity index (χ2v) is 5.70. The fourth-order valence-corrected chi connectivity index (χ4v) is 2.73. The lowest BCUT2D eigenvalue weighted by molar-refractivity contribution is 0.601. The number of nitrogens with one attached hydrogen (secondary N) is 2. The molecule has 0 aliphatic heterocycles. The topological polar surface area (TPSA) is 96.0 Å². The van der Waals surface area contributed by atoms with Crippen LogP contribution >= 0.6 is 0 Å². The van der Waals surface area contributed by atoms with Crippen LogP contribution in [0.4, 0.5) is 10.1 Å². The first-order valence-electron chi connectivity index (χ1n) is 5.62. The van der Waals surface area contributed by atoms with Crippen LogP contribution in [0.5, 0.6) is 0 Å². The summed E-state index contributed by atoms with van der Waals surface area (Å²) in [6.45, 7) is 0. The highest BCUT2D eigenvalue weighted by Gasteiger charge is 2.16. The standard InChI is InChI=1S/C13H12FN3O2S/c14-9-6-7-12(11(8-9)13(15)16)17-20(18,19)10-4-2-1-3-5-10/h1-8,17H,(H3,15,16). The molecule has 2 rings (SSSR count). The van der Waals surface area contributed by atoms with Gasteiger partial charge in [-0.1, -0.05) is 18.2 Å². The van der Waals surface area contributed by atoms with E-state index in [1.54, 1.807) is 18.2 Å². The summed E-state index contributed by atoms with van der Waals surface area (Å²) in [6.07, 6.45) is 0. The van der Waals surface area contributed by atoms with E-state index in [9.17, 15) is 12.8 Å². The van der Waals surface area contributed by atoms with Gasteiger partial charge in [0.15, 0.2) is 0 Å². The molecule has 7 heteroatoms. The molecule has 0 spiro atoms. The van der Waals surface area contributed by atoms with E-state index in [0.29, 0.717) is 0 Å². The zero-order chi connectivity index (χ0) is 14.8. The van der Waals surface area contributed by atoms with Gasteiger partial charge in [-0.05, 0) is 30.3 Å². The van der Waals surface area contributed by atoms with Crippen LogP contribution < -0.4 is 10.5 Å². The molecule has 0 fully saturated rings. The van der Waals surface area contributed by atoms with Gasteiger partial charge in [0.2, 0.25) is 0 Å². The minimum Gasteiger partial charge on any atom is -0.384 e. The van der Waals surface area contributed by atoms with E-state index >= 15 is 0 Å². The Hall–Kier alpha value is -2.41. The number of nitrogens with two attached hydrogens (primary N) is 1. The van der Waals surface area contributed by atoms with Gasteiger partial charge in [-0.3, -0.25) is 10.1 Å². The number of hydrogen-bond acceptors (Lipinski definition) is 3. The second-order valence-electron chi connectivity index (χ2n) is 4.02. The summed E-state index contributed by atoms with van der Waals surface area (Å²) in [4.78, 5) is 0.0684. The molecule has 0 heterocycles. The maximum Gasteiger partial charge on any atom is 0.261 e. The van der Waals surface area contributed by atoms with Crippen LogP contribution in [0.2, 0.25) is 0 Å². The van der Waals surface area contributed by atoms with Crippen LogP contribution in [0, 0.1) is 11.2 Å². The molecule has 0 amide bonds. The third-order valence-electron chi connectivity index (χ3n) is 2.57. The zero-order valence-corrected chi connectivity index (χ0v) is 11.1. The molecular weight excluding hydrogens is 281 g/mol. The van der Waals surface area contributed by atoms with Crippen LogP contribution in [0.1, 0.15) is 5.56 Å². The molecule has 2 aromatic carbocycles. The van der Waals surface area contributed by atoms with Crippen molar-refractivity contribution in [2.45, 2.75) is 4.90 Å². The number of anilines is 1. The molecule has 0 aromatic heterocycles. The highest BCUT2D eigenvalue weighted by Crippen LogP contribution is 2.20. The molecule has 0 radical (unpaired) electrons. The van der Waals surface area contributed by atoms with Crippen molar-refractivity contribution in [1.82, 2.24) is 0 Å². The SMILES string of the molecule is N=C(N)c1cc(F)ccc1NS(=O)(=O)c1ccccc1. The molecule has 0 aliphatic rings. The highest BCUT2D eigenvalue weighted by molar-refractivity contribution is 7.92. The normalized spacial score (nSPS) is 11.1. The van der Waals surface area contributed by atoms with Crippen molar-refractivity contribution < 1.29 is 12.8 Å². The van der Waals surface area contributed by atoms with Gasteiger partial charge in [-0.2, -0.15) is 0 Å². The molecule has 20 heavy (non-hydrogen) atoms. The van der Waals surface area contributed by atoms with Crippen LogP contribution in [0.15, 0.2) is 53.4 Å². The molecule has 0 bridgehead atoms. The fourth-order valence-electron chi connectivity index (χ4n) is 1.63. The summed E-state index contributed by atoms with van der Waals surface area (Å²) >= 11 is 0. The molecule has 0 atom stereocenters. The first kappa shape index (κ1) is 14.0. The van der Waals surface area contributed by atoms with Crippen LogP contribution in [0.3, 0.4) is 0 Å². The Morgan fingerprint density at radius 3 is 2.40 bits per heavy atom. The Bertz CT molecular complexity index is 745. The third-order valence-corrected chi connectivity index (χ3v) is 3.95. The van der Waals surface area contributed by atoms with Crippen LogP contribution in [-0.2, 0) is 10.0 Å². The molecule has 4 N–H and O–H groups in total. The van der Waals surface area contributed by atoms with E-state index < -0.39 is 21.7 Å². The minimum atomic E-state index is -3.81. The second kappa shape index (κ2) is 5.30. The van der Waals surface area contributed by atoms with E-state index in [1.165, 1.54) is 18.2 Å². The number of sulfonamides is 1.